The zero-order valence-corrected chi connectivity index (χ0v) is 14.3. The molecular weight excluding hydrogens is 348 g/mol. The van der Waals surface area contributed by atoms with Crippen molar-refractivity contribution in [1.82, 2.24) is 9.88 Å². The molecule has 24 heavy (non-hydrogen) atoms. The molecule has 2 rings (SSSR count). The van der Waals surface area contributed by atoms with E-state index in [0.29, 0.717) is 25.3 Å². The summed E-state index contributed by atoms with van der Waals surface area (Å²) < 4.78 is 5.26. The minimum atomic E-state index is -0.500. The van der Waals surface area contributed by atoms with Crippen LogP contribution in [-0.2, 0) is 6.54 Å². The number of aliphatic hydroxyl groups excluding tert-OH is 2. The van der Waals surface area contributed by atoms with E-state index in [1.807, 2.05) is 24.3 Å². The molecule has 4 N–H and O–H groups in total. The van der Waals surface area contributed by atoms with Crippen molar-refractivity contribution >= 4 is 34.8 Å². The number of nitriles is 1. The lowest BCUT2D eigenvalue weighted by Gasteiger charge is -2.20. The van der Waals surface area contributed by atoms with Gasteiger partial charge in [0.2, 0.25) is 0 Å². The molecule has 0 aliphatic heterocycles. The molecule has 2 heterocycles. The number of aromatic nitrogens is 1. The number of rotatable bonds is 5. The molecule has 0 saturated heterocycles. The molecule has 2 aromatic rings. The van der Waals surface area contributed by atoms with Crippen molar-refractivity contribution in [2.45, 2.75) is 13.0 Å². The minimum absolute atomic E-state index is 0.213. The molecule has 0 aromatic carbocycles. The van der Waals surface area contributed by atoms with Gasteiger partial charge in [0.25, 0.3) is 10.3 Å². The van der Waals surface area contributed by atoms with E-state index in [9.17, 15) is 5.11 Å². The van der Waals surface area contributed by atoms with Crippen LogP contribution in [0.5, 0.6) is 0 Å². The van der Waals surface area contributed by atoms with Crippen LogP contribution in [0.1, 0.15) is 12.0 Å². The van der Waals surface area contributed by atoms with E-state index < -0.39 is 5.17 Å². The van der Waals surface area contributed by atoms with Crippen molar-refractivity contribution in [1.29, 1.82) is 5.26 Å². The third-order valence-corrected chi connectivity index (χ3v) is 2.99. The Morgan fingerprint density at radius 3 is 2.50 bits per heavy atom. The van der Waals surface area contributed by atoms with Crippen molar-refractivity contribution in [3.63, 3.8) is 0 Å². The molecule has 0 spiro atoms. The first kappa shape index (κ1) is 19.3. The van der Waals surface area contributed by atoms with Crippen LogP contribution >= 0.6 is 24.4 Å². The summed E-state index contributed by atoms with van der Waals surface area (Å²) >= 11 is 8.63. The van der Waals surface area contributed by atoms with Gasteiger partial charge in [0, 0.05) is 19.3 Å². The van der Waals surface area contributed by atoms with Gasteiger partial charge in [-0.15, -0.1) is 0 Å². The molecular formula is C15H16N4O3S2. The molecule has 2 aromatic heterocycles. The number of thiocarbonyl (C=S) groups is 2. The first-order valence-electron chi connectivity index (χ1n) is 6.76. The molecule has 0 saturated carbocycles. The summed E-state index contributed by atoms with van der Waals surface area (Å²) in [6, 6.07) is 9.40. The largest absolute Gasteiger partial charge is 0.487 e. The van der Waals surface area contributed by atoms with Gasteiger partial charge >= 0.3 is 0 Å². The maximum Gasteiger partial charge on any atom is 0.257 e. The average molecular weight is 364 g/mol. The van der Waals surface area contributed by atoms with Gasteiger partial charge in [-0.3, -0.25) is 4.98 Å². The normalized spacial score (nSPS) is 9.29. The Labute approximate surface area is 149 Å². The van der Waals surface area contributed by atoms with Crippen LogP contribution in [0, 0.1) is 11.3 Å². The van der Waals surface area contributed by atoms with Crippen molar-refractivity contribution in [2.24, 2.45) is 5.73 Å². The van der Waals surface area contributed by atoms with E-state index in [4.69, 9.17) is 27.0 Å². The van der Waals surface area contributed by atoms with Crippen LogP contribution in [0.15, 0.2) is 41.1 Å². The van der Waals surface area contributed by atoms with Crippen LogP contribution < -0.4 is 5.73 Å². The molecule has 9 heteroatoms. The van der Waals surface area contributed by atoms with E-state index >= 15 is 0 Å². The maximum absolute atomic E-state index is 9.42. The fraction of sp³-hybridized carbons (Fsp3) is 0.200. The lowest BCUT2D eigenvalue weighted by atomic mass is 10.2. The van der Waals surface area contributed by atoms with Gasteiger partial charge in [-0.05, 0) is 48.2 Å². The van der Waals surface area contributed by atoms with Gasteiger partial charge in [0.05, 0.1) is 18.8 Å². The van der Waals surface area contributed by atoms with Crippen LogP contribution in [0.25, 0.3) is 11.5 Å². The second-order valence-corrected chi connectivity index (χ2v) is 5.26. The minimum Gasteiger partial charge on any atom is -0.487 e. The van der Waals surface area contributed by atoms with Crippen molar-refractivity contribution < 1.29 is 14.6 Å². The highest BCUT2D eigenvalue weighted by atomic mass is 32.1. The summed E-state index contributed by atoms with van der Waals surface area (Å²) in [5.74, 6) is 0.704. The quantitative estimate of drug-likeness (QED) is 0.688. The number of aliphatic hydroxyl groups is 2. The molecule has 0 amide bonds. The summed E-state index contributed by atoms with van der Waals surface area (Å²) in [5.41, 5.74) is 6.04. The zero-order chi connectivity index (χ0) is 17.9. The van der Waals surface area contributed by atoms with Gasteiger partial charge < -0.3 is 25.3 Å². The van der Waals surface area contributed by atoms with Crippen LogP contribution in [0.2, 0.25) is 0 Å². The van der Waals surface area contributed by atoms with Gasteiger partial charge in [0.1, 0.15) is 5.69 Å². The van der Waals surface area contributed by atoms with Gasteiger partial charge in [-0.2, -0.15) is 5.26 Å². The van der Waals surface area contributed by atoms with Gasteiger partial charge in [-0.1, -0.05) is 6.07 Å². The summed E-state index contributed by atoms with van der Waals surface area (Å²) in [6.07, 6.45) is 3.60. The smallest absolute Gasteiger partial charge is 0.257 e. The van der Waals surface area contributed by atoms with E-state index in [0.717, 1.165) is 11.3 Å². The molecule has 0 aliphatic carbocycles. The van der Waals surface area contributed by atoms with Gasteiger partial charge in [-0.25, -0.2) is 0 Å². The summed E-state index contributed by atoms with van der Waals surface area (Å²) in [6.45, 7) is 0.814. The molecule has 0 bridgehead atoms. The third kappa shape index (κ3) is 7.04. The fourth-order valence-electron chi connectivity index (χ4n) is 1.74. The van der Waals surface area contributed by atoms with E-state index in [2.05, 4.69) is 22.9 Å². The number of furan rings is 1. The number of nitrogens with zero attached hydrogens (tertiary/aromatic N) is 3. The first-order valence-corrected chi connectivity index (χ1v) is 7.57. The van der Waals surface area contributed by atoms with Crippen LogP contribution in [0.3, 0.4) is 0 Å². The first-order chi connectivity index (χ1) is 11.4. The number of pyridine rings is 1. The van der Waals surface area contributed by atoms with Gasteiger partial charge in [0.15, 0.2) is 5.76 Å². The van der Waals surface area contributed by atoms with Crippen LogP contribution in [0.4, 0.5) is 0 Å². The molecule has 0 unspecified atom stereocenters. The second kappa shape index (κ2) is 10.1. The summed E-state index contributed by atoms with van der Waals surface area (Å²) in [4.78, 5) is 5.86. The molecule has 0 aliphatic rings. The lowest BCUT2D eigenvalue weighted by molar-refractivity contribution is 0.343. The molecule has 0 atom stereocenters. The molecule has 126 valence electrons. The monoisotopic (exact) mass is 364 g/mol. The van der Waals surface area contributed by atoms with Crippen molar-refractivity contribution in [3.8, 4) is 17.5 Å². The lowest BCUT2D eigenvalue weighted by Crippen LogP contribution is -2.29. The van der Waals surface area contributed by atoms with Crippen molar-refractivity contribution in [3.05, 3.63) is 42.3 Å². The Kier molecular flexibility index (Phi) is 8.18. The highest BCUT2D eigenvalue weighted by molar-refractivity contribution is 7.80. The Morgan fingerprint density at radius 1 is 1.33 bits per heavy atom. The fourth-order valence-corrected chi connectivity index (χ4v) is 1.89. The van der Waals surface area contributed by atoms with E-state index in [1.54, 1.807) is 23.4 Å². The molecule has 7 nitrogen and oxygen atoms in total. The SMILES string of the molecule is N#CCCN(Cc1ccc(-c2ccco2)nc1)C(O)=S.NC(O)=S. The summed E-state index contributed by atoms with van der Waals surface area (Å²) in [7, 11) is 0. The number of hydrogen-bond acceptors (Lipinski definition) is 5. The Morgan fingerprint density at radius 2 is 2.04 bits per heavy atom. The van der Waals surface area contributed by atoms with E-state index in [-0.39, 0.29) is 5.17 Å². The predicted octanol–water partition coefficient (Wildman–Crippen LogP) is 2.69. The molecule has 0 fully saturated rings. The van der Waals surface area contributed by atoms with Crippen LogP contribution in [-0.4, -0.2) is 37.0 Å². The highest BCUT2D eigenvalue weighted by Crippen LogP contribution is 2.17. The Balaban J connectivity index is 0.000000648. The average Bonchev–Trinajstić information content (AvgIpc) is 3.05. The standard InChI is InChI=1S/C14H13N3O2S.CH3NOS/c15-6-2-7-17(14(18)20)10-11-4-5-12(16-9-11)13-3-1-8-19-13;2-1(3)4/h1,3-5,8-9H,2,7,10H2,(H,18,20);(H3,2,3,4). The molecule has 0 radical (unpaired) electrons. The zero-order valence-electron chi connectivity index (χ0n) is 12.6. The van der Waals surface area contributed by atoms with Crippen molar-refractivity contribution in [2.75, 3.05) is 6.54 Å². The maximum atomic E-state index is 9.42. The number of hydrogen-bond donors (Lipinski definition) is 3. The highest BCUT2D eigenvalue weighted by Gasteiger charge is 2.09. The predicted molar refractivity (Wildman–Crippen MR) is 97.2 cm³/mol. The Bertz CT molecular complexity index is 693. The second-order valence-electron chi connectivity index (χ2n) is 4.48. The Hall–Kier alpha value is -2.70. The number of nitrogens with two attached hydrogens (primary N) is 1. The topological polar surface area (TPSA) is 120 Å². The third-order valence-electron chi connectivity index (χ3n) is 2.74. The summed E-state index contributed by atoms with van der Waals surface area (Å²) in [5, 5.41) is 24.9. The van der Waals surface area contributed by atoms with E-state index in [1.165, 1.54) is 0 Å².